The van der Waals surface area contributed by atoms with Crippen molar-refractivity contribution in [2.75, 3.05) is 5.32 Å². The minimum absolute atomic E-state index is 0.211. The van der Waals surface area contributed by atoms with Crippen LogP contribution in [0.2, 0.25) is 0 Å². The van der Waals surface area contributed by atoms with Gasteiger partial charge in [-0.15, -0.1) is 0 Å². The number of anilines is 1. The summed E-state index contributed by atoms with van der Waals surface area (Å²) >= 11 is 0. The molecule has 0 aromatic heterocycles. The van der Waals surface area contributed by atoms with E-state index in [0.29, 0.717) is 27.9 Å². The number of hydrogen-bond acceptors (Lipinski definition) is 2. The molecule has 0 fully saturated rings. The zero-order valence-corrected chi connectivity index (χ0v) is 10.2. The van der Waals surface area contributed by atoms with Gasteiger partial charge in [0, 0.05) is 29.3 Å². The first-order valence-electron chi connectivity index (χ1n) is 5.83. The number of halogens is 1. The van der Waals surface area contributed by atoms with E-state index in [1.165, 1.54) is 19.1 Å². The van der Waals surface area contributed by atoms with Gasteiger partial charge in [-0.05, 0) is 23.8 Å². The lowest BCUT2D eigenvalue weighted by atomic mass is 10.0. The number of benzene rings is 2. The van der Waals surface area contributed by atoms with Crippen molar-refractivity contribution in [1.82, 2.24) is 0 Å². The molecule has 1 amide bonds. The van der Waals surface area contributed by atoms with Gasteiger partial charge >= 0.3 is 0 Å². The minimum Gasteiger partial charge on any atom is -0.326 e. The largest absolute Gasteiger partial charge is 0.326 e. The van der Waals surface area contributed by atoms with Crippen LogP contribution < -0.4 is 5.32 Å². The van der Waals surface area contributed by atoms with Gasteiger partial charge in [0.1, 0.15) is 5.82 Å². The molecule has 19 heavy (non-hydrogen) atoms. The van der Waals surface area contributed by atoms with Gasteiger partial charge < -0.3 is 5.32 Å². The van der Waals surface area contributed by atoms with Crippen LogP contribution >= 0.6 is 0 Å². The normalized spacial score (nSPS) is 12.0. The van der Waals surface area contributed by atoms with Crippen LogP contribution in [-0.2, 0) is 4.79 Å². The molecule has 3 rings (SSSR count). The second-order valence-corrected chi connectivity index (χ2v) is 4.43. The Morgan fingerprint density at radius 3 is 2.63 bits per heavy atom. The number of amides is 1. The molecule has 0 aliphatic heterocycles. The van der Waals surface area contributed by atoms with E-state index >= 15 is 0 Å². The third-order valence-corrected chi connectivity index (χ3v) is 3.11. The lowest BCUT2D eigenvalue weighted by Gasteiger charge is -2.05. The summed E-state index contributed by atoms with van der Waals surface area (Å²) in [5.41, 5.74) is 2.25. The second-order valence-electron chi connectivity index (χ2n) is 4.43. The average molecular weight is 255 g/mol. The number of fused-ring (bicyclic) bond motifs is 3. The van der Waals surface area contributed by atoms with Gasteiger partial charge in [-0.3, -0.25) is 9.59 Å². The minimum atomic E-state index is -0.406. The summed E-state index contributed by atoms with van der Waals surface area (Å²) in [7, 11) is 0. The fourth-order valence-corrected chi connectivity index (χ4v) is 2.36. The Balaban J connectivity index is 2.18. The highest BCUT2D eigenvalue weighted by Gasteiger charge is 2.29. The second kappa shape index (κ2) is 4.02. The number of carbonyl (C=O) groups excluding carboxylic acids is 2. The highest BCUT2D eigenvalue weighted by molar-refractivity contribution is 6.22. The van der Waals surface area contributed by atoms with Gasteiger partial charge in [-0.2, -0.15) is 0 Å². The van der Waals surface area contributed by atoms with Crippen molar-refractivity contribution in [2.24, 2.45) is 0 Å². The Labute approximate surface area is 109 Å². The summed E-state index contributed by atoms with van der Waals surface area (Å²) in [6, 6.07) is 9.37. The molecule has 0 spiro atoms. The highest BCUT2D eigenvalue weighted by Crippen LogP contribution is 2.39. The fourth-order valence-electron chi connectivity index (χ4n) is 2.36. The van der Waals surface area contributed by atoms with E-state index in [1.54, 1.807) is 24.3 Å². The summed E-state index contributed by atoms with van der Waals surface area (Å²) in [4.78, 5) is 23.2. The van der Waals surface area contributed by atoms with E-state index in [9.17, 15) is 14.0 Å². The zero-order valence-electron chi connectivity index (χ0n) is 10.2. The molecule has 0 unspecified atom stereocenters. The topological polar surface area (TPSA) is 46.2 Å². The Hall–Kier alpha value is -2.49. The van der Waals surface area contributed by atoms with Crippen LogP contribution in [0.15, 0.2) is 36.4 Å². The number of nitrogens with one attached hydrogen (secondary N) is 1. The molecule has 0 heterocycles. The zero-order chi connectivity index (χ0) is 13.6. The molecule has 1 aliphatic carbocycles. The van der Waals surface area contributed by atoms with E-state index < -0.39 is 5.82 Å². The molecule has 3 nitrogen and oxygen atoms in total. The van der Waals surface area contributed by atoms with Gasteiger partial charge in [0.2, 0.25) is 5.91 Å². The molecule has 4 heteroatoms. The van der Waals surface area contributed by atoms with Gasteiger partial charge in [0.25, 0.3) is 0 Å². The van der Waals surface area contributed by atoms with E-state index in [1.807, 2.05) is 0 Å². The van der Waals surface area contributed by atoms with Gasteiger partial charge in [0.15, 0.2) is 5.78 Å². The van der Waals surface area contributed by atoms with Crippen molar-refractivity contribution in [1.29, 1.82) is 0 Å². The van der Waals surface area contributed by atoms with Crippen molar-refractivity contribution < 1.29 is 14.0 Å². The monoisotopic (exact) mass is 255 g/mol. The van der Waals surface area contributed by atoms with E-state index in [2.05, 4.69) is 5.32 Å². The maximum absolute atomic E-state index is 13.8. The van der Waals surface area contributed by atoms with E-state index in [-0.39, 0.29) is 11.7 Å². The van der Waals surface area contributed by atoms with Crippen LogP contribution in [0.25, 0.3) is 11.1 Å². The van der Waals surface area contributed by atoms with Gasteiger partial charge in [-0.1, -0.05) is 18.2 Å². The molecular weight excluding hydrogens is 245 g/mol. The van der Waals surface area contributed by atoms with Crippen LogP contribution in [0.5, 0.6) is 0 Å². The Morgan fingerprint density at radius 2 is 1.89 bits per heavy atom. The molecule has 1 aliphatic rings. The van der Waals surface area contributed by atoms with Crippen molar-refractivity contribution in [3.63, 3.8) is 0 Å². The molecule has 0 saturated carbocycles. The third-order valence-electron chi connectivity index (χ3n) is 3.11. The summed E-state index contributed by atoms with van der Waals surface area (Å²) in [6.45, 7) is 1.39. The lowest BCUT2D eigenvalue weighted by molar-refractivity contribution is -0.114. The molecule has 2 aromatic rings. The van der Waals surface area contributed by atoms with Gasteiger partial charge in [0.05, 0.1) is 0 Å². The molecule has 0 bridgehead atoms. The predicted octanol–water partition coefficient (Wildman–Crippen LogP) is 3.00. The SMILES string of the molecule is CC(=O)Nc1ccc2c(c1)C(=O)c1cccc(F)c1-2. The van der Waals surface area contributed by atoms with E-state index in [4.69, 9.17) is 0 Å². The van der Waals surface area contributed by atoms with Crippen molar-refractivity contribution in [3.05, 3.63) is 53.3 Å². The van der Waals surface area contributed by atoms with Gasteiger partial charge in [-0.25, -0.2) is 4.39 Å². The van der Waals surface area contributed by atoms with Crippen molar-refractivity contribution in [2.45, 2.75) is 6.92 Å². The fraction of sp³-hybridized carbons (Fsp3) is 0.0667. The summed E-state index contributed by atoms with van der Waals surface area (Å²) < 4.78 is 13.8. The lowest BCUT2D eigenvalue weighted by Crippen LogP contribution is -2.06. The molecular formula is C15H10FNO2. The molecule has 0 saturated heterocycles. The Morgan fingerprint density at radius 1 is 1.11 bits per heavy atom. The van der Waals surface area contributed by atoms with Crippen molar-refractivity contribution in [3.8, 4) is 11.1 Å². The first kappa shape index (κ1) is 11.6. The summed E-state index contributed by atoms with van der Waals surface area (Å²) in [5.74, 6) is -0.831. The number of hydrogen-bond donors (Lipinski definition) is 1. The predicted molar refractivity (Wildman–Crippen MR) is 69.6 cm³/mol. The Kier molecular flexibility index (Phi) is 2.45. The summed E-state index contributed by atoms with van der Waals surface area (Å²) in [5, 5.41) is 2.61. The smallest absolute Gasteiger partial charge is 0.221 e. The molecule has 94 valence electrons. The molecule has 2 aromatic carbocycles. The molecule has 1 N–H and O–H groups in total. The first-order chi connectivity index (χ1) is 9.08. The quantitative estimate of drug-likeness (QED) is 0.726. The molecule has 0 atom stereocenters. The van der Waals surface area contributed by atoms with Crippen LogP contribution in [0, 0.1) is 5.82 Å². The number of rotatable bonds is 1. The Bertz CT molecular complexity index is 722. The maximum atomic E-state index is 13.8. The van der Waals surface area contributed by atoms with Crippen LogP contribution in [0.4, 0.5) is 10.1 Å². The summed E-state index contributed by atoms with van der Waals surface area (Å²) in [6.07, 6.45) is 0. The first-order valence-corrected chi connectivity index (χ1v) is 5.83. The standard InChI is InChI=1S/C15H10FNO2/c1-8(18)17-9-5-6-10-12(7-9)15(19)11-3-2-4-13(16)14(10)11/h2-7H,1H3,(H,17,18). The highest BCUT2D eigenvalue weighted by atomic mass is 19.1. The number of carbonyl (C=O) groups is 2. The van der Waals surface area contributed by atoms with Crippen LogP contribution in [0.1, 0.15) is 22.8 Å². The maximum Gasteiger partial charge on any atom is 0.221 e. The van der Waals surface area contributed by atoms with E-state index in [0.717, 1.165) is 0 Å². The van der Waals surface area contributed by atoms with Crippen LogP contribution in [-0.4, -0.2) is 11.7 Å². The molecule has 0 radical (unpaired) electrons. The number of ketones is 1. The average Bonchev–Trinajstić information content (AvgIpc) is 2.64. The van der Waals surface area contributed by atoms with Crippen molar-refractivity contribution >= 4 is 17.4 Å². The van der Waals surface area contributed by atoms with Crippen LogP contribution in [0.3, 0.4) is 0 Å². The third kappa shape index (κ3) is 1.73.